The molecule has 0 atom stereocenters. The number of piperidine rings is 1. The van der Waals surface area contributed by atoms with Crippen molar-refractivity contribution in [1.82, 2.24) is 35.3 Å². The molecule has 0 saturated carbocycles. The summed E-state index contributed by atoms with van der Waals surface area (Å²) >= 11 is 0. The van der Waals surface area contributed by atoms with Crippen LogP contribution in [0.4, 0.5) is 5.82 Å². The molecule has 0 amide bonds. The maximum atomic E-state index is 4.38. The van der Waals surface area contributed by atoms with Gasteiger partial charge in [0, 0.05) is 52.9 Å². The van der Waals surface area contributed by atoms with E-state index in [0.29, 0.717) is 6.04 Å². The van der Waals surface area contributed by atoms with E-state index in [-0.39, 0.29) is 0 Å². The van der Waals surface area contributed by atoms with Crippen molar-refractivity contribution in [1.29, 1.82) is 0 Å². The number of fused-ring (bicyclic) bond motifs is 1. The van der Waals surface area contributed by atoms with E-state index in [1.54, 1.807) is 17.2 Å². The Labute approximate surface area is 183 Å². The molecule has 31 heavy (non-hydrogen) atoms. The van der Waals surface area contributed by atoms with Gasteiger partial charge in [0.25, 0.3) is 0 Å². The fourth-order valence-corrected chi connectivity index (χ4v) is 3.93. The number of aliphatic imine (C=N–C) groups is 1. The van der Waals surface area contributed by atoms with Gasteiger partial charge in [-0.3, -0.25) is 14.6 Å². The van der Waals surface area contributed by atoms with Crippen LogP contribution in [0.25, 0.3) is 11.0 Å². The molecule has 0 radical (unpaired) electrons. The molecule has 0 spiro atoms. The zero-order valence-electron chi connectivity index (χ0n) is 18.3. The monoisotopic (exact) mass is 421 g/mol. The average molecular weight is 422 g/mol. The van der Waals surface area contributed by atoms with Crippen LogP contribution in [0.15, 0.2) is 47.8 Å². The van der Waals surface area contributed by atoms with Gasteiger partial charge in [0.1, 0.15) is 12.1 Å². The second-order valence-electron chi connectivity index (χ2n) is 7.83. The van der Waals surface area contributed by atoms with Gasteiger partial charge in [0.2, 0.25) is 0 Å². The number of rotatable bonds is 7. The van der Waals surface area contributed by atoms with E-state index in [1.807, 2.05) is 14.1 Å². The van der Waals surface area contributed by atoms with Gasteiger partial charge < -0.3 is 16.0 Å². The number of likely N-dealkylation sites (tertiary alicyclic amines) is 1. The van der Waals surface area contributed by atoms with Gasteiger partial charge in [0.15, 0.2) is 11.6 Å². The SMILES string of the molecule is CN=C(NCCNc1ncnc2c1cnn2C)NC1CCN(Cc2ccccc2)CC1. The summed E-state index contributed by atoms with van der Waals surface area (Å²) < 4.78 is 1.75. The van der Waals surface area contributed by atoms with Crippen LogP contribution >= 0.6 is 0 Å². The minimum absolute atomic E-state index is 0.447. The van der Waals surface area contributed by atoms with Crippen molar-refractivity contribution >= 4 is 22.8 Å². The highest BCUT2D eigenvalue weighted by Crippen LogP contribution is 2.17. The van der Waals surface area contributed by atoms with Crippen molar-refractivity contribution < 1.29 is 0 Å². The summed E-state index contributed by atoms with van der Waals surface area (Å²) in [4.78, 5) is 15.5. The summed E-state index contributed by atoms with van der Waals surface area (Å²) in [5.74, 6) is 1.64. The van der Waals surface area contributed by atoms with Crippen molar-refractivity contribution in [3.63, 3.8) is 0 Å². The van der Waals surface area contributed by atoms with Crippen LogP contribution in [0.5, 0.6) is 0 Å². The van der Waals surface area contributed by atoms with Crippen molar-refractivity contribution in [2.45, 2.75) is 25.4 Å². The van der Waals surface area contributed by atoms with E-state index in [2.05, 4.69) is 71.2 Å². The highest BCUT2D eigenvalue weighted by atomic mass is 15.3. The molecule has 9 nitrogen and oxygen atoms in total. The lowest BCUT2D eigenvalue weighted by Gasteiger charge is -2.33. The molecule has 3 heterocycles. The first kappa shape index (κ1) is 21.0. The molecule has 1 fully saturated rings. The lowest BCUT2D eigenvalue weighted by atomic mass is 10.0. The molecule has 0 aliphatic carbocycles. The van der Waals surface area contributed by atoms with Gasteiger partial charge in [-0.1, -0.05) is 30.3 Å². The molecule has 3 aromatic rings. The van der Waals surface area contributed by atoms with Gasteiger partial charge in [-0.05, 0) is 18.4 Å². The fraction of sp³-hybridized carbons (Fsp3) is 0.455. The number of nitrogens with zero attached hydrogens (tertiary/aromatic N) is 6. The van der Waals surface area contributed by atoms with Crippen LogP contribution < -0.4 is 16.0 Å². The minimum atomic E-state index is 0.447. The van der Waals surface area contributed by atoms with Gasteiger partial charge in [-0.15, -0.1) is 0 Å². The largest absolute Gasteiger partial charge is 0.368 e. The number of anilines is 1. The molecule has 1 aliphatic rings. The van der Waals surface area contributed by atoms with E-state index in [1.165, 1.54) is 5.56 Å². The van der Waals surface area contributed by atoms with Crippen LogP contribution in [0.2, 0.25) is 0 Å². The molecular formula is C22H31N9. The molecule has 1 saturated heterocycles. The standard InChI is InChI=1S/C22H31N9/c1-23-22(25-11-10-24-20-19-14-28-30(2)21(19)27-16-26-20)29-18-8-12-31(13-9-18)15-17-6-4-3-5-7-17/h3-7,14,16,18H,8-13,15H2,1-2H3,(H2,23,25,29)(H,24,26,27). The van der Waals surface area contributed by atoms with Crippen molar-refractivity contribution in [2.75, 3.05) is 38.5 Å². The molecule has 1 aromatic carbocycles. The summed E-state index contributed by atoms with van der Waals surface area (Å²) in [5, 5.41) is 15.5. The summed E-state index contributed by atoms with van der Waals surface area (Å²) in [5.41, 5.74) is 2.20. The third kappa shape index (κ3) is 5.49. The molecule has 164 valence electrons. The summed E-state index contributed by atoms with van der Waals surface area (Å²) in [6.07, 6.45) is 5.58. The zero-order valence-corrected chi connectivity index (χ0v) is 18.3. The number of benzene rings is 1. The zero-order chi connectivity index (χ0) is 21.5. The first-order valence-electron chi connectivity index (χ1n) is 10.8. The molecule has 0 bridgehead atoms. The maximum absolute atomic E-state index is 4.38. The first-order valence-corrected chi connectivity index (χ1v) is 10.8. The van der Waals surface area contributed by atoms with Crippen LogP contribution in [0, 0.1) is 0 Å². The Morgan fingerprint density at radius 3 is 2.71 bits per heavy atom. The molecular weight excluding hydrogens is 390 g/mol. The lowest BCUT2D eigenvalue weighted by Crippen LogP contribution is -2.49. The fourth-order valence-electron chi connectivity index (χ4n) is 3.93. The second kappa shape index (κ2) is 10.2. The number of aryl methyl sites for hydroxylation is 1. The van der Waals surface area contributed by atoms with Crippen molar-refractivity contribution in [3.05, 3.63) is 48.4 Å². The number of guanidine groups is 1. The molecule has 0 unspecified atom stereocenters. The molecule has 4 rings (SSSR count). The molecule has 2 aromatic heterocycles. The second-order valence-corrected chi connectivity index (χ2v) is 7.83. The van der Waals surface area contributed by atoms with Crippen LogP contribution in [0.3, 0.4) is 0 Å². The Bertz CT molecular complexity index is 991. The highest BCUT2D eigenvalue weighted by Gasteiger charge is 2.20. The molecule has 3 N–H and O–H groups in total. The smallest absolute Gasteiger partial charge is 0.191 e. The average Bonchev–Trinajstić information content (AvgIpc) is 3.19. The third-order valence-corrected chi connectivity index (χ3v) is 5.64. The quantitative estimate of drug-likeness (QED) is 0.303. The van der Waals surface area contributed by atoms with Gasteiger partial charge in [-0.2, -0.15) is 5.10 Å². The Kier molecular flexibility index (Phi) is 6.93. The summed E-state index contributed by atoms with van der Waals surface area (Å²) in [6.45, 7) is 4.68. The Morgan fingerprint density at radius 1 is 1.13 bits per heavy atom. The molecule has 9 heteroatoms. The van der Waals surface area contributed by atoms with Gasteiger partial charge in [-0.25, -0.2) is 9.97 Å². The normalized spacial score (nSPS) is 15.9. The number of hydrogen-bond donors (Lipinski definition) is 3. The van der Waals surface area contributed by atoms with Crippen molar-refractivity contribution in [3.8, 4) is 0 Å². The maximum Gasteiger partial charge on any atom is 0.191 e. The van der Waals surface area contributed by atoms with E-state index in [9.17, 15) is 0 Å². The summed E-state index contributed by atoms with van der Waals surface area (Å²) in [6, 6.07) is 11.1. The molecule has 1 aliphatic heterocycles. The topological polar surface area (TPSA) is 95.3 Å². The highest BCUT2D eigenvalue weighted by molar-refractivity contribution is 5.86. The lowest BCUT2D eigenvalue weighted by molar-refractivity contribution is 0.198. The first-order chi connectivity index (χ1) is 15.2. The third-order valence-electron chi connectivity index (χ3n) is 5.64. The van der Waals surface area contributed by atoms with E-state index >= 15 is 0 Å². The van der Waals surface area contributed by atoms with Crippen molar-refractivity contribution in [2.24, 2.45) is 12.0 Å². The number of aromatic nitrogens is 4. The Balaban J connectivity index is 1.18. The van der Waals surface area contributed by atoms with E-state index in [4.69, 9.17) is 0 Å². The van der Waals surface area contributed by atoms with Crippen LogP contribution in [-0.4, -0.2) is 69.9 Å². The summed E-state index contributed by atoms with van der Waals surface area (Å²) in [7, 11) is 3.69. The van der Waals surface area contributed by atoms with Crippen LogP contribution in [-0.2, 0) is 13.6 Å². The Hall–Kier alpha value is -3.20. The predicted molar refractivity (Wildman–Crippen MR) is 124 cm³/mol. The number of hydrogen-bond acceptors (Lipinski definition) is 6. The van der Waals surface area contributed by atoms with Gasteiger partial charge in [0.05, 0.1) is 11.6 Å². The predicted octanol–water partition coefficient (Wildman–Crippen LogP) is 1.60. The van der Waals surface area contributed by atoms with Crippen LogP contribution in [0.1, 0.15) is 18.4 Å². The van der Waals surface area contributed by atoms with Gasteiger partial charge >= 0.3 is 0 Å². The minimum Gasteiger partial charge on any atom is -0.368 e. The van der Waals surface area contributed by atoms with E-state index in [0.717, 1.165) is 68.4 Å². The number of nitrogens with one attached hydrogen (secondary N) is 3. The van der Waals surface area contributed by atoms with E-state index < -0.39 is 0 Å². The Morgan fingerprint density at radius 2 is 1.94 bits per heavy atom.